The normalized spacial score (nSPS) is 10.5. The molecule has 0 atom stereocenters. The molecule has 2 aromatic rings. The number of carbonyl (C=O) groups is 1. The smallest absolute Gasteiger partial charge is 0.341 e. The molecule has 1 aromatic heterocycles. The van der Waals surface area contributed by atoms with Gasteiger partial charge in [-0.25, -0.2) is 9.59 Å². The molecule has 5 nitrogen and oxygen atoms in total. The number of carboxylic acids is 1. The van der Waals surface area contributed by atoms with Gasteiger partial charge < -0.3 is 14.3 Å². The highest BCUT2D eigenvalue weighted by molar-refractivity contribution is 5.81. The molecular formula is C13H12O5. The molecule has 0 bridgehead atoms. The number of benzene rings is 1. The standard InChI is InChI=1S/C13H12O5/c1-2-8-5-13(16)18-11-6-9(3-4-10(8)11)17-7-12(14)15/h3-6H,2,7H2,1H3,(H,14,15). The molecule has 18 heavy (non-hydrogen) atoms. The summed E-state index contributed by atoms with van der Waals surface area (Å²) in [6.45, 7) is 1.52. The lowest BCUT2D eigenvalue weighted by Crippen LogP contribution is -2.09. The zero-order valence-electron chi connectivity index (χ0n) is 9.80. The number of ether oxygens (including phenoxy) is 1. The average Bonchev–Trinajstić information content (AvgIpc) is 2.34. The number of hydrogen-bond acceptors (Lipinski definition) is 4. The van der Waals surface area contributed by atoms with Crippen LogP contribution in [0.4, 0.5) is 0 Å². The summed E-state index contributed by atoms with van der Waals surface area (Å²) in [7, 11) is 0. The molecule has 0 unspecified atom stereocenters. The van der Waals surface area contributed by atoms with Gasteiger partial charge in [-0.3, -0.25) is 0 Å². The molecule has 1 N–H and O–H groups in total. The molecule has 1 heterocycles. The lowest BCUT2D eigenvalue weighted by Gasteiger charge is -2.06. The van der Waals surface area contributed by atoms with Crippen LogP contribution in [0.5, 0.6) is 5.75 Å². The van der Waals surface area contributed by atoms with E-state index in [0.717, 1.165) is 17.4 Å². The zero-order chi connectivity index (χ0) is 13.1. The van der Waals surface area contributed by atoms with Crippen molar-refractivity contribution in [3.05, 3.63) is 40.2 Å². The van der Waals surface area contributed by atoms with Crippen LogP contribution < -0.4 is 10.4 Å². The third kappa shape index (κ3) is 2.51. The van der Waals surface area contributed by atoms with Crippen LogP contribution in [0.15, 0.2) is 33.5 Å². The maximum absolute atomic E-state index is 11.3. The van der Waals surface area contributed by atoms with Gasteiger partial charge in [0.2, 0.25) is 0 Å². The molecule has 1 aromatic carbocycles. The molecule has 94 valence electrons. The second-order valence-electron chi connectivity index (χ2n) is 3.78. The fourth-order valence-corrected chi connectivity index (χ4v) is 1.74. The van der Waals surface area contributed by atoms with Crippen molar-refractivity contribution in [1.82, 2.24) is 0 Å². The molecule has 0 fully saturated rings. The van der Waals surface area contributed by atoms with Crippen molar-refractivity contribution in [3.8, 4) is 5.75 Å². The summed E-state index contributed by atoms with van der Waals surface area (Å²) < 4.78 is 10.1. The topological polar surface area (TPSA) is 76.7 Å². The Bertz CT molecular complexity index is 641. The van der Waals surface area contributed by atoms with Crippen LogP contribution in [0.3, 0.4) is 0 Å². The Labute approximate surface area is 103 Å². The van der Waals surface area contributed by atoms with Gasteiger partial charge in [-0.15, -0.1) is 0 Å². The highest BCUT2D eigenvalue weighted by Crippen LogP contribution is 2.22. The molecular weight excluding hydrogens is 236 g/mol. The molecule has 2 rings (SSSR count). The number of aryl methyl sites for hydroxylation is 1. The SMILES string of the molecule is CCc1cc(=O)oc2cc(OCC(=O)O)ccc12. The number of hydrogen-bond donors (Lipinski definition) is 1. The van der Waals surface area contributed by atoms with Crippen molar-refractivity contribution in [2.24, 2.45) is 0 Å². The molecule has 0 radical (unpaired) electrons. The Morgan fingerprint density at radius 1 is 1.39 bits per heavy atom. The summed E-state index contributed by atoms with van der Waals surface area (Å²) in [5.74, 6) is -0.694. The molecule has 0 amide bonds. The van der Waals surface area contributed by atoms with E-state index in [4.69, 9.17) is 14.3 Å². The van der Waals surface area contributed by atoms with Crippen molar-refractivity contribution in [2.45, 2.75) is 13.3 Å². The van der Waals surface area contributed by atoms with Gasteiger partial charge in [0.15, 0.2) is 6.61 Å². The Balaban J connectivity index is 2.45. The van der Waals surface area contributed by atoms with Crippen LogP contribution in [-0.4, -0.2) is 17.7 Å². The zero-order valence-corrected chi connectivity index (χ0v) is 9.80. The fourth-order valence-electron chi connectivity index (χ4n) is 1.74. The molecule has 0 aliphatic heterocycles. The highest BCUT2D eigenvalue weighted by Gasteiger charge is 2.06. The van der Waals surface area contributed by atoms with Crippen molar-refractivity contribution in [3.63, 3.8) is 0 Å². The van der Waals surface area contributed by atoms with Gasteiger partial charge >= 0.3 is 11.6 Å². The minimum atomic E-state index is -1.06. The summed E-state index contributed by atoms with van der Waals surface area (Å²) in [6, 6.07) is 6.40. The summed E-state index contributed by atoms with van der Waals surface area (Å²) in [5, 5.41) is 9.35. The van der Waals surface area contributed by atoms with Crippen LogP contribution in [0, 0.1) is 0 Å². The van der Waals surface area contributed by atoms with E-state index in [2.05, 4.69) is 0 Å². The third-order valence-electron chi connectivity index (χ3n) is 2.54. The number of fused-ring (bicyclic) bond motifs is 1. The van der Waals surface area contributed by atoms with Gasteiger partial charge in [0.05, 0.1) is 0 Å². The fraction of sp³-hybridized carbons (Fsp3) is 0.231. The second kappa shape index (κ2) is 4.91. The maximum atomic E-state index is 11.3. The molecule has 5 heteroatoms. The molecule has 0 aliphatic carbocycles. The van der Waals surface area contributed by atoms with E-state index < -0.39 is 18.2 Å². The summed E-state index contributed by atoms with van der Waals surface area (Å²) in [5.41, 5.74) is 0.878. The number of carboxylic acid groups (broad SMARTS) is 1. The first-order chi connectivity index (χ1) is 8.60. The Morgan fingerprint density at radius 2 is 2.17 bits per heavy atom. The van der Waals surface area contributed by atoms with Crippen LogP contribution in [0.25, 0.3) is 11.0 Å². The van der Waals surface area contributed by atoms with Gasteiger partial charge in [0.1, 0.15) is 11.3 Å². The van der Waals surface area contributed by atoms with Crippen LogP contribution in [0.2, 0.25) is 0 Å². The monoisotopic (exact) mass is 248 g/mol. The van der Waals surface area contributed by atoms with E-state index in [9.17, 15) is 9.59 Å². The second-order valence-corrected chi connectivity index (χ2v) is 3.78. The lowest BCUT2D eigenvalue weighted by molar-refractivity contribution is -0.139. The average molecular weight is 248 g/mol. The van der Waals surface area contributed by atoms with Gasteiger partial charge in [0.25, 0.3) is 0 Å². The highest BCUT2D eigenvalue weighted by atomic mass is 16.5. The van der Waals surface area contributed by atoms with Crippen molar-refractivity contribution >= 4 is 16.9 Å². The minimum absolute atomic E-state index is 0.362. The Hall–Kier alpha value is -2.30. The first-order valence-electron chi connectivity index (χ1n) is 5.51. The van der Waals surface area contributed by atoms with E-state index in [1.54, 1.807) is 12.1 Å². The summed E-state index contributed by atoms with van der Waals surface area (Å²) in [6.07, 6.45) is 0.720. The Kier molecular flexibility index (Phi) is 3.32. The Morgan fingerprint density at radius 3 is 2.83 bits per heavy atom. The molecule has 0 aliphatic rings. The third-order valence-corrected chi connectivity index (χ3v) is 2.54. The largest absolute Gasteiger partial charge is 0.482 e. The van der Waals surface area contributed by atoms with Gasteiger partial charge in [-0.05, 0) is 24.1 Å². The van der Waals surface area contributed by atoms with Crippen molar-refractivity contribution in [1.29, 1.82) is 0 Å². The number of rotatable bonds is 4. The van der Waals surface area contributed by atoms with E-state index >= 15 is 0 Å². The predicted molar refractivity (Wildman–Crippen MR) is 65.0 cm³/mol. The molecule has 0 saturated carbocycles. The lowest BCUT2D eigenvalue weighted by atomic mass is 10.1. The summed E-state index contributed by atoms with van der Waals surface area (Å²) >= 11 is 0. The first kappa shape index (κ1) is 12.2. The minimum Gasteiger partial charge on any atom is -0.482 e. The first-order valence-corrected chi connectivity index (χ1v) is 5.51. The van der Waals surface area contributed by atoms with E-state index in [0.29, 0.717) is 11.3 Å². The van der Waals surface area contributed by atoms with Crippen LogP contribution in [0.1, 0.15) is 12.5 Å². The van der Waals surface area contributed by atoms with E-state index in [1.165, 1.54) is 12.1 Å². The molecule has 0 spiro atoms. The molecule has 0 saturated heterocycles. The van der Waals surface area contributed by atoms with E-state index in [1.807, 2.05) is 6.92 Å². The maximum Gasteiger partial charge on any atom is 0.341 e. The van der Waals surface area contributed by atoms with Crippen molar-refractivity contribution < 1.29 is 19.1 Å². The summed E-state index contributed by atoms with van der Waals surface area (Å²) in [4.78, 5) is 21.7. The van der Waals surface area contributed by atoms with Gasteiger partial charge in [-0.2, -0.15) is 0 Å². The van der Waals surface area contributed by atoms with Crippen LogP contribution in [-0.2, 0) is 11.2 Å². The van der Waals surface area contributed by atoms with Crippen LogP contribution >= 0.6 is 0 Å². The predicted octanol–water partition coefficient (Wildman–Crippen LogP) is 1.82. The number of aliphatic carboxylic acids is 1. The van der Waals surface area contributed by atoms with E-state index in [-0.39, 0.29) is 0 Å². The van der Waals surface area contributed by atoms with Crippen molar-refractivity contribution in [2.75, 3.05) is 6.61 Å². The van der Waals surface area contributed by atoms with Gasteiger partial charge in [0, 0.05) is 17.5 Å². The van der Waals surface area contributed by atoms with Gasteiger partial charge in [-0.1, -0.05) is 6.92 Å². The quantitative estimate of drug-likeness (QED) is 0.835.